The third-order valence-electron chi connectivity index (χ3n) is 5.18. The van der Waals surface area contributed by atoms with Gasteiger partial charge in [0, 0.05) is 13.2 Å². The van der Waals surface area contributed by atoms with Crippen molar-refractivity contribution in [3.05, 3.63) is 76.8 Å². The Balaban J connectivity index is 2.28. The highest BCUT2D eigenvalue weighted by molar-refractivity contribution is 8.02. The molecule has 2 rings (SSSR count). The van der Waals surface area contributed by atoms with Gasteiger partial charge in [-0.3, -0.25) is 4.57 Å². The lowest BCUT2D eigenvalue weighted by Crippen LogP contribution is -2.26. The van der Waals surface area contributed by atoms with Crippen LogP contribution in [0.3, 0.4) is 0 Å². The fourth-order valence-electron chi connectivity index (χ4n) is 3.33. The second-order valence-electron chi connectivity index (χ2n) is 7.88. The SMILES string of the molecule is CCOCCOP(=O)(OCCOCC)C(N/C(SC)=C(/C#N)C(=O)OCCOc1ccccc1)c1ccccc1. The Morgan fingerprint density at radius 1 is 0.900 bits per heavy atom. The van der Waals surface area contributed by atoms with Gasteiger partial charge in [0.2, 0.25) is 0 Å². The van der Waals surface area contributed by atoms with Gasteiger partial charge in [0.15, 0.2) is 11.4 Å². The Hall–Kier alpha value is -2.84. The largest absolute Gasteiger partial charge is 0.490 e. The molecule has 0 heterocycles. The van der Waals surface area contributed by atoms with Crippen molar-refractivity contribution < 1.29 is 37.4 Å². The summed E-state index contributed by atoms with van der Waals surface area (Å²) in [6.07, 6.45) is 1.68. The molecule has 0 saturated heterocycles. The summed E-state index contributed by atoms with van der Waals surface area (Å²) in [5.41, 5.74) is 0.301. The van der Waals surface area contributed by atoms with Gasteiger partial charge in [0.1, 0.15) is 25.0 Å². The highest BCUT2D eigenvalue weighted by Crippen LogP contribution is 2.60. The van der Waals surface area contributed by atoms with E-state index in [4.69, 9.17) is 28.0 Å². The molecule has 0 bridgehead atoms. The number of carbonyl (C=O) groups is 1. The highest BCUT2D eigenvalue weighted by Gasteiger charge is 2.39. The molecule has 0 amide bonds. The number of nitrogens with zero attached hydrogens (tertiary/aromatic N) is 1. The lowest BCUT2D eigenvalue weighted by Gasteiger charge is -2.29. The summed E-state index contributed by atoms with van der Waals surface area (Å²) in [4.78, 5) is 12.9. The summed E-state index contributed by atoms with van der Waals surface area (Å²) < 4.78 is 47.4. The summed E-state index contributed by atoms with van der Waals surface area (Å²) in [5.74, 6) is -1.25. The first-order valence-electron chi connectivity index (χ1n) is 12.9. The van der Waals surface area contributed by atoms with Gasteiger partial charge in [-0.05, 0) is 37.8 Å². The number of nitriles is 1. The zero-order valence-electron chi connectivity index (χ0n) is 23.1. The van der Waals surface area contributed by atoms with Crippen molar-refractivity contribution in [2.45, 2.75) is 19.6 Å². The molecule has 2 aromatic rings. The number of para-hydroxylation sites is 1. The van der Waals surface area contributed by atoms with Gasteiger partial charge in [0.25, 0.3) is 0 Å². The van der Waals surface area contributed by atoms with E-state index in [9.17, 15) is 14.6 Å². The third-order valence-corrected chi connectivity index (χ3v) is 8.06. The van der Waals surface area contributed by atoms with E-state index in [0.29, 0.717) is 24.5 Å². The number of hydrogen-bond donors (Lipinski definition) is 1. The van der Waals surface area contributed by atoms with Gasteiger partial charge >= 0.3 is 13.6 Å². The molecule has 40 heavy (non-hydrogen) atoms. The van der Waals surface area contributed by atoms with E-state index < -0.39 is 19.3 Å². The van der Waals surface area contributed by atoms with E-state index in [1.54, 1.807) is 42.7 Å². The predicted molar refractivity (Wildman–Crippen MR) is 154 cm³/mol. The predicted octanol–water partition coefficient (Wildman–Crippen LogP) is 5.29. The zero-order valence-corrected chi connectivity index (χ0v) is 24.8. The van der Waals surface area contributed by atoms with E-state index in [-0.39, 0.29) is 50.2 Å². The van der Waals surface area contributed by atoms with Gasteiger partial charge in [-0.25, -0.2) is 4.79 Å². The normalized spacial score (nSPS) is 12.7. The summed E-state index contributed by atoms with van der Waals surface area (Å²) in [6, 6.07) is 19.9. The molecule has 10 nitrogen and oxygen atoms in total. The number of esters is 1. The maximum atomic E-state index is 14.3. The maximum Gasteiger partial charge on any atom is 0.357 e. The maximum absolute atomic E-state index is 14.3. The van der Waals surface area contributed by atoms with Crippen LogP contribution in [0.4, 0.5) is 0 Å². The second-order valence-corrected chi connectivity index (χ2v) is 10.8. The first kappa shape index (κ1) is 33.4. The molecule has 218 valence electrons. The van der Waals surface area contributed by atoms with Crippen molar-refractivity contribution in [2.24, 2.45) is 0 Å². The number of hydrogen-bond acceptors (Lipinski definition) is 11. The van der Waals surface area contributed by atoms with Crippen molar-refractivity contribution in [2.75, 3.05) is 59.1 Å². The third kappa shape index (κ3) is 11.3. The molecule has 0 aliphatic heterocycles. The Morgan fingerprint density at radius 3 is 2.00 bits per heavy atom. The first-order chi connectivity index (χ1) is 19.5. The minimum Gasteiger partial charge on any atom is -0.490 e. The molecule has 0 spiro atoms. The molecule has 0 aromatic heterocycles. The summed E-state index contributed by atoms with van der Waals surface area (Å²) in [6.45, 7) is 5.13. The van der Waals surface area contributed by atoms with Gasteiger partial charge in [-0.15, -0.1) is 11.8 Å². The monoisotopic (exact) mass is 592 g/mol. The molecule has 12 heteroatoms. The van der Waals surface area contributed by atoms with E-state index in [1.807, 2.05) is 44.2 Å². The van der Waals surface area contributed by atoms with Crippen LogP contribution in [0.25, 0.3) is 0 Å². The molecule has 1 atom stereocenters. The Bertz CT molecular complexity index is 1110. The summed E-state index contributed by atoms with van der Waals surface area (Å²) in [7, 11) is -3.94. The highest BCUT2D eigenvalue weighted by atomic mass is 32.2. The number of rotatable bonds is 20. The molecule has 0 fully saturated rings. The average Bonchev–Trinajstić information content (AvgIpc) is 2.98. The van der Waals surface area contributed by atoms with E-state index in [0.717, 1.165) is 11.8 Å². The van der Waals surface area contributed by atoms with Gasteiger partial charge in [-0.1, -0.05) is 48.5 Å². The van der Waals surface area contributed by atoms with Crippen molar-refractivity contribution in [1.29, 1.82) is 5.26 Å². The topological polar surface area (TPSA) is 125 Å². The lowest BCUT2D eigenvalue weighted by molar-refractivity contribution is -0.139. The zero-order chi connectivity index (χ0) is 29.1. The van der Waals surface area contributed by atoms with Crippen LogP contribution < -0.4 is 10.1 Å². The van der Waals surface area contributed by atoms with Crippen LogP contribution in [0.5, 0.6) is 5.75 Å². The number of thioether (sulfide) groups is 1. The molecule has 1 unspecified atom stereocenters. The molecule has 0 radical (unpaired) electrons. The fraction of sp³-hybridized carbons (Fsp3) is 0.429. The molecular formula is C28H37N2O8PS. The fourth-order valence-corrected chi connectivity index (χ4v) is 5.84. The van der Waals surface area contributed by atoms with Crippen LogP contribution in [-0.4, -0.2) is 65.1 Å². The number of nitrogens with one attached hydrogen (secondary N) is 1. The first-order valence-corrected chi connectivity index (χ1v) is 15.7. The molecule has 2 aromatic carbocycles. The van der Waals surface area contributed by atoms with E-state index in [1.165, 1.54) is 0 Å². The van der Waals surface area contributed by atoms with Gasteiger partial charge in [0.05, 0.1) is 31.5 Å². The van der Waals surface area contributed by atoms with Crippen LogP contribution in [0, 0.1) is 11.3 Å². The lowest BCUT2D eigenvalue weighted by atomic mass is 10.2. The number of carbonyl (C=O) groups excluding carboxylic acids is 1. The standard InChI is InChI=1S/C28H37N2O8PS/c1-4-33-16-20-37-39(32,38-21-17-34-5-2)26(23-12-8-6-9-13-23)30-27(40-3)25(22-29)28(31)36-19-18-35-24-14-10-7-11-15-24/h6-15,26,30H,4-5,16-21H2,1-3H3/b27-25+. The minimum atomic E-state index is -3.94. The Labute approximate surface area is 240 Å². The van der Waals surface area contributed by atoms with Crippen LogP contribution >= 0.6 is 19.4 Å². The Kier molecular flexibility index (Phi) is 16.1. The van der Waals surface area contributed by atoms with Crippen LogP contribution in [0.2, 0.25) is 0 Å². The van der Waals surface area contributed by atoms with Gasteiger partial charge < -0.3 is 33.3 Å². The van der Waals surface area contributed by atoms with Crippen molar-refractivity contribution in [3.8, 4) is 11.8 Å². The van der Waals surface area contributed by atoms with Crippen molar-refractivity contribution >= 4 is 25.3 Å². The van der Waals surface area contributed by atoms with Crippen molar-refractivity contribution in [1.82, 2.24) is 5.32 Å². The average molecular weight is 593 g/mol. The van der Waals surface area contributed by atoms with E-state index >= 15 is 0 Å². The molecule has 1 N–H and O–H groups in total. The van der Waals surface area contributed by atoms with Crippen LogP contribution in [0.15, 0.2) is 71.3 Å². The molecule has 0 saturated carbocycles. The quantitative estimate of drug-likeness (QED) is 0.0708. The van der Waals surface area contributed by atoms with Crippen LogP contribution in [0.1, 0.15) is 25.2 Å². The number of benzene rings is 2. The Morgan fingerprint density at radius 2 is 1.48 bits per heavy atom. The van der Waals surface area contributed by atoms with E-state index in [2.05, 4.69) is 5.32 Å². The summed E-state index contributed by atoms with van der Waals surface area (Å²) in [5, 5.41) is 13.1. The number of ether oxygens (including phenoxy) is 4. The summed E-state index contributed by atoms with van der Waals surface area (Å²) >= 11 is 1.10. The van der Waals surface area contributed by atoms with Gasteiger partial charge in [-0.2, -0.15) is 5.26 Å². The molecule has 0 aliphatic rings. The van der Waals surface area contributed by atoms with Crippen molar-refractivity contribution in [3.63, 3.8) is 0 Å². The minimum absolute atomic E-state index is 0.0116. The molecule has 0 aliphatic carbocycles. The second kappa shape index (κ2) is 19.3. The smallest absolute Gasteiger partial charge is 0.357 e. The molecular weight excluding hydrogens is 555 g/mol. The van der Waals surface area contributed by atoms with Crippen LogP contribution in [-0.2, 0) is 32.6 Å².